The number of carboxylic acid groups (broad SMARTS) is 2. The third kappa shape index (κ3) is 7.72. The minimum atomic E-state index is -0.869. The second kappa shape index (κ2) is 15.4. The van der Waals surface area contributed by atoms with E-state index in [-0.39, 0.29) is 12.8 Å². The Labute approximate surface area is 276 Å². The number of nitrogens with one attached hydrogen (secondary N) is 3. The fourth-order valence-electron chi connectivity index (χ4n) is 6.37. The number of hydrogen-bond acceptors (Lipinski definition) is 6. The molecule has 3 aromatic heterocycles. The highest BCUT2D eigenvalue weighted by molar-refractivity contribution is 5.96. The highest BCUT2D eigenvalue weighted by Gasteiger charge is 2.22. The zero-order valence-corrected chi connectivity index (χ0v) is 28.8. The average molecular weight is 642 g/mol. The number of fused-ring (bicyclic) bond motifs is 8. The molecule has 0 amide bonds. The van der Waals surface area contributed by atoms with E-state index in [4.69, 9.17) is 9.97 Å². The summed E-state index contributed by atoms with van der Waals surface area (Å²) in [6.45, 7) is 15.4. The molecule has 5 N–H and O–H groups in total. The van der Waals surface area contributed by atoms with E-state index in [0.29, 0.717) is 24.2 Å². The summed E-state index contributed by atoms with van der Waals surface area (Å²) in [5, 5.41) is 18.9. The highest BCUT2D eigenvalue weighted by atomic mass is 16.6. The molecule has 0 saturated heterocycles. The van der Waals surface area contributed by atoms with Gasteiger partial charge in [0.2, 0.25) is 0 Å². The van der Waals surface area contributed by atoms with E-state index in [1.807, 2.05) is 32.9 Å². The second-order valence-corrected chi connectivity index (χ2v) is 11.9. The van der Waals surface area contributed by atoms with Gasteiger partial charge in [-0.25, -0.2) is 15.4 Å². The van der Waals surface area contributed by atoms with Gasteiger partial charge in [-0.1, -0.05) is 20.8 Å². The van der Waals surface area contributed by atoms with Crippen LogP contribution in [0.1, 0.15) is 105 Å². The Morgan fingerprint density at radius 2 is 1.11 bits per heavy atom. The van der Waals surface area contributed by atoms with Crippen molar-refractivity contribution in [1.82, 2.24) is 25.4 Å². The highest BCUT2D eigenvalue weighted by Crippen LogP contribution is 2.38. The lowest BCUT2D eigenvalue weighted by atomic mass is 9.98. The molecule has 0 saturated carbocycles. The van der Waals surface area contributed by atoms with Gasteiger partial charge in [-0.15, -0.1) is 0 Å². The topological polar surface area (TPSA) is 153 Å². The van der Waals surface area contributed by atoms with Crippen molar-refractivity contribution in [3.05, 3.63) is 69.3 Å². The van der Waals surface area contributed by atoms with Crippen LogP contribution in [-0.4, -0.2) is 55.7 Å². The lowest BCUT2D eigenvalue weighted by Crippen LogP contribution is -2.08. The van der Waals surface area contributed by atoms with Crippen molar-refractivity contribution in [3.63, 3.8) is 0 Å². The normalized spacial score (nSPS) is 12.8. The minimum Gasteiger partial charge on any atom is -0.481 e. The van der Waals surface area contributed by atoms with Crippen molar-refractivity contribution in [3.8, 4) is 0 Å². The lowest BCUT2D eigenvalue weighted by Gasteiger charge is -2.05. The molecule has 10 heteroatoms. The van der Waals surface area contributed by atoms with Crippen LogP contribution in [-0.2, 0) is 27.3 Å². The Bertz CT molecular complexity index is 1910. The van der Waals surface area contributed by atoms with Crippen LogP contribution in [0.3, 0.4) is 0 Å². The van der Waals surface area contributed by atoms with Crippen LogP contribution in [0.25, 0.3) is 44.4 Å². The van der Waals surface area contributed by atoms with Crippen LogP contribution in [0.2, 0.25) is 0 Å². The number of allylic oxidation sites excluding steroid dienone is 4. The summed E-state index contributed by atoms with van der Waals surface area (Å²) in [6, 6.07) is 8.19. The van der Waals surface area contributed by atoms with Crippen molar-refractivity contribution in [2.24, 2.45) is 0 Å². The average Bonchev–Trinajstić information content (AvgIpc) is 3.68. The van der Waals surface area contributed by atoms with Crippen LogP contribution < -0.4 is 5.48 Å². The Kier molecular flexibility index (Phi) is 11.5. The molecule has 0 aliphatic carbocycles. The predicted molar refractivity (Wildman–Crippen MR) is 189 cm³/mol. The maximum Gasteiger partial charge on any atom is 0.303 e. The zero-order chi connectivity index (χ0) is 34.4. The number of aromatic nitrogens is 4. The van der Waals surface area contributed by atoms with Gasteiger partial charge >= 0.3 is 11.9 Å². The van der Waals surface area contributed by atoms with Gasteiger partial charge in [0.15, 0.2) is 0 Å². The van der Waals surface area contributed by atoms with E-state index in [2.05, 4.69) is 60.1 Å². The molecule has 2 aliphatic heterocycles. The molecule has 8 bridgehead atoms. The molecule has 0 fully saturated rings. The van der Waals surface area contributed by atoms with Gasteiger partial charge in [-0.05, 0) is 122 Å². The molecule has 0 spiro atoms. The maximum absolute atomic E-state index is 11.5. The molecule has 10 nitrogen and oxygen atoms in total. The maximum atomic E-state index is 11.5. The van der Waals surface area contributed by atoms with Gasteiger partial charge in [-0.3, -0.25) is 9.59 Å². The molecule has 5 rings (SSSR count). The lowest BCUT2D eigenvalue weighted by molar-refractivity contribution is -0.137. The molecular weight excluding hydrogens is 594 g/mol. The Morgan fingerprint density at radius 1 is 0.681 bits per heavy atom. The number of nitrogens with zero attached hydrogens (tertiary/aromatic N) is 2. The number of H-pyrrole nitrogens is 2. The molecule has 250 valence electrons. The largest absolute Gasteiger partial charge is 0.481 e. The van der Waals surface area contributed by atoms with Gasteiger partial charge in [0.1, 0.15) is 0 Å². The van der Waals surface area contributed by atoms with Gasteiger partial charge in [-0.2, -0.15) is 0 Å². The molecular formula is C37H47N5O5. The number of aromatic amines is 2. The third-order valence-electron chi connectivity index (χ3n) is 8.97. The fraction of sp³-hybridized carbons (Fsp3) is 0.405. The number of aryl methyl sites for hydroxylation is 4. The van der Waals surface area contributed by atoms with Gasteiger partial charge < -0.3 is 25.0 Å². The van der Waals surface area contributed by atoms with Gasteiger partial charge in [0.25, 0.3) is 0 Å². The predicted octanol–water partition coefficient (Wildman–Crippen LogP) is 7.80. The molecule has 0 aromatic carbocycles. The standard InChI is InChI=1S/C34H38N4O4.C3H9NO/c1-7-21-17(3)25-13-26-19(5)23(9-11-33(39)40)31(37-26)16-32-24(10-12-34(41)42)20(6)28(38-32)15-30-22(8-2)18(4)27(36-30)14-29(21)35-25;1-3-4-5-2/h13-16,35-36H,7-12H2,1-6H3,(H,39,40)(H,41,42);4H,3H2,1-2H3. The van der Waals surface area contributed by atoms with Crippen molar-refractivity contribution < 1.29 is 24.6 Å². The van der Waals surface area contributed by atoms with Crippen LogP contribution in [0, 0.1) is 13.8 Å². The summed E-state index contributed by atoms with van der Waals surface area (Å²) in [5.74, 6) is -1.74. The summed E-state index contributed by atoms with van der Waals surface area (Å²) in [7, 11) is 1.60. The van der Waals surface area contributed by atoms with Crippen molar-refractivity contribution in [2.45, 2.75) is 87.0 Å². The summed E-state index contributed by atoms with van der Waals surface area (Å²) in [5.41, 5.74) is 18.0. The Morgan fingerprint density at radius 3 is 1.49 bits per heavy atom. The minimum absolute atomic E-state index is 0.0138. The SMILES string of the molecule is CCNOC.CCc1c(C)c2cc3[nH]c(cc4nc(cc5nc(cc1[nH]2)C(C)=C5CCC(=O)O)C(CCC(=O)O)=C4C)c(C)c3CC. The number of carboxylic acids is 2. The molecule has 2 aliphatic rings. The first-order chi connectivity index (χ1) is 22.4. The van der Waals surface area contributed by atoms with Crippen LogP contribution in [0.15, 0.2) is 24.3 Å². The molecule has 5 heterocycles. The van der Waals surface area contributed by atoms with Crippen LogP contribution in [0.4, 0.5) is 0 Å². The number of aliphatic carboxylic acids is 2. The zero-order valence-electron chi connectivity index (χ0n) is 28.8. The van der Waals surface area contributed by atoms with Gasteiger partial charge in [0, 0.05) is 41.5 Å². The molecule has 3 aromatic rings. The van der Waals surface area contributed by atoms with E-state index in [1.54, 1.807) is 7.11 Å². The number of rotatable bonds is 10. The summed E-state index contributed by atoms with van der Waals surface area (Å²) in [4.78, 5) is 44.8. The number of carbonyl (C=O) groups is 2. The molecule has 0 unspecified atom stereocenters. The number of hydroxylamine groups is 1. The summed E-state index contributed by atoms with van der Waals surface area (Å²) in [6.07, 6.45) is 2.37. The molecule has 0 atom stereocenters. The van der Waals surface area contributed by atoms with Crippen molar-refractivity contribution in [2.75, 3.05) is 13.7 Å². The molecule has 0 radical (unpaired) electrons. The van der Waals surface area contributed by atoms with E-state index >= 15 is 0 Å². The van der Waals surface area contributed by atoms with E-state index in [9.17, 15) is 19.8 Å². The smallest absolute Gasteiger partial charge is 0.303 e. The van der Waals surface area contributed by atoms with Crippen molar-refractivity contribution in [1.29, 1.82) is 0 Å². The van der Waals surface area contributed by atoms with E-state index < -0.39 is 11.9 Å². The van der Waals surface area contributed by atoms with Crippen LogP contribution in [0.5, 0.6) is 0 Å². The first kappa shape index (κ1) is 35.3. The first-order valence-electron chi connectivity index (χ1n) is 16.3. The monoisotopic (exact) mass is 641 g/mol. The first-order valence-corrected chi connectivity index (χ1v) is 16.3. The number of hydrogen-bond donors (Lipinski definition) is 5. The summed E-state index contributed by atoms with van der Waals surface area (Å²) >= 11 is 0. The fourth-order valence-corrected chi connectivity index (χ4v) is 6.37. The quantitative estimate of drug-likeness (QED) is 0.141. The van der Waals surface area contributed by atoms with Gasteiger partial charge in [0.05, 0.1) is 29.9 Å². The van der Waals surface area contributed by atoms with E-state index in [1.165, 1.54) is 16.7 Å². The summed E-state index contributed by atoms with van der Waals surface area (Å²) < 4.78 is 0. The van der Waals surface area contributed by atoms with Crippen LogP contribution >= 0.6 is 0 Å². The second-order valence-electron chi connectivity index (χ2n) is 11.9. The Hall–Kier alpha value is -4.54. The third-order valence-corrected chi connectivity index (χ3v) is 8.97. The Balaban J connectivity index is 0.000000930. The molecule has 47 heavy (non-hydrogen) atoms. The van der Waals surface area contributed by atoms with E-state index in [0.717, 1.165) is 80.7 Å². The van der Waals surface area contributed by atoms with Crippen molar-refractivity contribution >= 4 is 56.3 Å².